The Morgan fingerprint density at radius 1 is 0.759 bits per heavy atom. The van der Waals surface area contributed by atoms with E-state index in [1.54, 1.807) is 13.8 Å². The third kappa shape index (κ3) is 6.13. The van der Waals surface area contributed by atoms with Gasteiger partial charge in [-0.05, 0) is 106 Å². The second-order valence-electron chi connectivity index (χ2n) is 20.1. The number of hydrogen-bond acceptors (Lipinski definition) is 15. The number of carboxylic acids is 1. The van der Waals surface area contributed by atoms with Crippen LogP contribution in [0, 0.1) is 50.7 Å². The van der Waals surface area contributed by atoms with Crippen molar-refractivity contribution in [2.75, 3.05) is 13.2 Å². The number of hydrogen-bond donors (Lipinski definition) is 10. The quantitative estimate of drug-likeness (QED) is 0.123. The lowest BCUT2D eigenvalue weighted by Crippen LogP contribution is -2.69. The monoisotopic (exact) mass is 826 g/mol. The van der Waals surface area contributed by atoms with Gasteiger partial charge in [0.2, 0.25) is 6.29 Å². The molecule has 2 heterocycles. The van der Waals surface area contributed by atoms with E-state index in [0.29, 0.717) is 57.8 Å². The molecule has 2 unspecified atom stereocenters. The summed E-state index contributed by atoms with van der Waals surface area (Å²) in [5, 5.41) is 107. The first-order chi connectivity index (χ1) is 27.0. The van der Waals surface area contributed by atoms with Crippen LogP contribution in [0.3, 0.4) is 0 Å². The molecule has 5 aliphatic carbocycles. The molecule has 2 aliphatic heterocycles. The molecule has 7 aliphatic rings. The number of carbonyl (C=O) groups is 2. The summed E-state index contributed by atoms with van der Waals surface area (Å²) in [5.41, 5.74) is -4.16. The van der Waals surface area contributed by atoms with Crippen molar-refractivity contribution in [2.24, 2.45) is 50.7 Å². The predicted octanol–water partition coefficient (Wildman–Crippen LogP) is 0.352. The van der Waals surface area contributed by atoms with Gasteiger partial charge in [0.1, 0.15) is 48.8 Å². The summed E-state index contributed by atoms with van der Waals surface area (Å²) in [6, 6.07) is 0. The minimum absolute atomic E-state index is 0.0740. The van der Waals surface area contributed by atoms with Crippen molar-refractivity contribution in [3.05, 3.63) is 11.6 Å². The topological polar surface area (TPSA) is 273 Å². The van der Waals surface area contributed by atoms with Crippen molar-refractivity contribution >= 4 is 11.9 Å². The Bertz CT molecular complexity index is 1620. The second-order valence-corrected chi connectivity index (χ2v) is 20.1. The maximum Gasteiger partial charge on any atom is 0.315 e. The number of rotatable bonds is 7. The van der Waals surface area contributed by atoms with Crippen LogP contribution in [0.4, 0.5) is 0 Å². The fourth-order valence-corrected chi connectivity index (χ4v) is 13.6. The zero-order chi connectivity index (χ0) is 42.7. The standard InChI is InChI=1S/C42H66O16/c1-19-9-14-42(36(53)58-34-31(50)29(48)27(46)22(57-34)18-55-33-30(49)28(47)26(45)21(17-43)56-33)16-15-38(3)20(32(42)41(19,6)54)7-8-23-37(2)12-11-25(44)40(5,35(51)52)24(37)10-13-39(23,38)4/h7,19,21-34,43-50,54H,8-18H2,1-6H3,(H,51,52)/t19-,21-,22-,23?,24?,25+,26-,27-,28+,29+,30-,31-,32-,33-,34+,37-,38-,39-,40-,41-,42+/m1/s1. The molecule has 0 aromatic carbocycles. The van der Waals surface area contributed by atoms with Crippen LogP contribution >= 0.6 is 0 Å². The molecule has 7 rings (SSSR count). The van der Waals surface area contributed by atoms with Crippen molar-refractivity contribution in [2.45, 2.75) is 172 Å². The Labute approximate surface area is 339 Å². The average Bonchev–Trinajstić information content (AvgIpc) is 3.17. The van der Waals surface area contributed by atoms with Gasteiger partial charge in [-0.3, -0.25) is 9.59 Å². The van der Waals surface area contributed by atoms with Crippen molar-refractivity contribution in [3.8, 4) is 0 Å². The fraction of sp³-hybridized carbons (Fsp3) is 0.905. The van der Waals surface area contributed by atoms with Gasteiger partial charge in [-0.2, -0.15) is 0 Å². The first-order valence-electron chi connectivity index (χ1n) is 21.1. The third-order valence-electron chi connectivity index (χ3n) is 17.7. The zero-order valence-corrected chi connectivity index (χ0v) is 34.4. The van der Waals surface area contributed by atoms with Gasteiger partial charge in [0, 0.05) is 5.92 Å². The highest BCUT2D eigenvalue weighted by Crippen LogP contribution is 2.76. The summed E-state index contributed by atoms with van der Waals surface area (Å²) in [7, 11) is 0. The molecule has 330 valence electrons. The molecule has 0 spiro atoms. The molecule has 0 amide bonds. The Kier molecular flexibility index (Phi) is 11.4. The van der Waals surface area contributed by atoms with Crippen molar-refractivity contribution in [3.63, 3.8) is 0 Å². The third-order valence-corrected chi connectivity index (χ3v) is 17.7. The first-order valence-corrected chi connectivity index (χ1v) is 21.1. The molecule has 0 aromatic heterocycles. The Morgan fingerprint density at radius 2 is 1.38 bits per heavy atom. The van der Waals surface area contributed by atoms with Gasteiger partial charge in [0.05, 0.1) is 35.7 Å². The highest BCUT2D eigenvalue weighted by molar-refractivity contribution is 5.79. The van der Waals surface area contributed by atoms with Crippen LogP contribution in [0.5, 0.6) is 0 Å². The van der Waals surface area contributed by atoms with Crippen LogP contribution in [-0.2, 0) is 28.5 Å². The number of ether oxygens (including phenoxy) is 4. The summed E-state index contributed by atoms with van der Waals surface area (Å²) >= 11 is 0. The zero-order valence-electron chi connectivity index (χ0n) is 34.4. The number of aliphatic hydroxyl groups is 9. The van der Waals surface area contributed by atoms with Crippen LogP contribution in [0.25, 0.3) is 0 Å². The number of aliphatic carboxylic acids is 1. The molecular formula is C42H66O16. The second kappa shape index (κ2) is 14.9. The van der Waals surface area contributed by atoms with E-state index >= 15 is 0 Å². The van der Waals surface area contributed by atoms with E-state index in [4.69, 9.17) is 18.9 Å². The van der Waals surface area contributed by atoms with Crippen LogP contribution in [0.2, 0.25) is 0 Å². The van der Waals surface area contributed by atoms with E-state index in [1.165, 1.54) is 0 Å². The van der Waals surface area contributed by atoms with Gasteiger partial charge in [-0.1, -0.05) is 39.3 Å². The Balaban J connectivity index is 1.16. The van der Waals surface area contributed by atoms with Gasteiger partial charge in [0.15, 0.2) is 6.29 Å². The average molecular weight is 827 g/mol. The molecule has 16 nitrogen and oxygen atoms in total. The summed E-state index contributed by atoms with van der Waals surface area (Å²) in [6.07, 6.45) is -10.6. The number of allylic oxidation sites excluding steroid dienone is 1. The number of esters is 1. The van der Waals surface area contributed by atoms with Gasteiger partial charge < -0.3 is 70.0 Å². The number of carboxylic acid groups (broad SMARTS) is 1. The van der Waals surface area contributed by atoms with Crippen LogP contribution < -0.4 is 0 Å². The van der Waals surface area contributed by atoms with Gasteiger partial charge in [-0.15, -0.1) is 0 Å². The summed E-state index contributed by atoms with van der Waals surface area (Å²) in [4.78, 5) is 27.7. The first kappa shape index (κ1) is 44.3. The Morgan fingerprint density at radius 3 is 2.02 bits per heavy atom. The Hall–Kier alpha value is -1.80. The van der Waals surface area contributed by atoms with Gasteiger partial charge >= 0.3 is 11.9 Å². The highest BCUT2D eigenvalue weighted by Gasteiger charge is 2.73. The summed E-state index contributed by atoms with van der Waals surface area (Å²) in [6.45, 7) is 10.8. The largest absolute Gasteiger partial charge is 0.481 e. The van der Waals surface area contributed by atoms with E-state index < -0.39 is 120 Å². The number of fused-ring (bicyclic) bond motifs is 7. The van der Waals surface area contributed by atoms with E-state index in [1.807, 2.05) is 6.92 Å². The highest BCUT2D eigenvalue weighted by atomic mass is 16.7. The smallest absolute Gasteiger partial charge is 0.315 e. The van der Waals surface area contributed by atoms with Crippen molar-refractivity contribution in [1.29, 1.82) is 0 Å². The molecule has 0 radical (unpaired) electrons. The molecule has 10 N–H and O–H groups in total. The molecule has 4 saturated carbocycles. The maximum absolute atomic E-state index is 14.9. The van der Waals surface area contributed by atoms with Crippen LogP contribution in [-0.4, -0.2) is 149 Å². The molecular weight excluding hydrogens is 760 g/mol. The van der Waals surface area contributed by atoms with Gasteiger partial charge in [0.25, 0.3) is 0 Å². The van der Waals surface area contributed by atoms with Crippen LogP contribution in [0.15, 0.2) is 11.6 Å². The lowest BCUT2D eigenvalue weighted by molar-refractivity contribution is -0.329. The summed E-state index contributed by atoms with van der Waals surface area (Å²) in [5.74, 6) is -2.77. The molecule has 6 fully saturated rings. The SMILES string of the molecule is C[C@@H]1CC[C@]2(C(=O)O[C@@H]3O[C@H](CO[C@@H]4O[C@H](CO)[C@@H](O)[C@H](O)[C@H]4O)[C@@H](O)[C@H](O)[C@H]3O)CC[C@]3(C)C(=CCC4[C@@]5(C)CC[C@H](O)[C@](C)(C(=O)O)C5CC[C@]43C)[C@@H]2[C@]1(C)O. The predicted molar refractivity (Wildman–Crippen MR) is 201 cm³/mol. The van der Waals surface area contributed by atoms with Crippen molar-refractivity contribution < 1.29 is 79.6 Å². The lowest BCUT2D eigenvalue weighted by atomic mass is 9.33. The van der Waals surface area contributed by atoms with Gasteiger partial charge in [-0.25, -0.2) is 0 Å². The normalized spacial score (nSPS) is 55.5. The molecule has 16 heteroatoms. The molecule has 0 bridgehead atoms. The van der Waals surface area contributed by atoms with E-state index in [9.17, 15) is 60.7 Å². The molecule has 0 aromatic rings. The molecule has 2 saturated heterocycles. The number of aliphatic hydroxyl groups excluding tert-OH is 8. The molecule has 21 atom stereocenters. The molecule has 58 heavy (non-hydrogen) atoms. The van der Waals surface area contributed by atoms with Crippen LogP contribution in [0.1, 0.15) is 99.3 Å². The lowest BCUT2D eigenvalue weighted by Gasteiger charge is -2.71. The number of carbonyl (C=O) groups excluding carboxylic acids is 1. The van der Waals surface area contributed by atoms with E-state index in [2.05, 4.69) is 26.8 Å². The maximum atomic E-state index is 14.9. The minimum atomic E-state index is -1.87. The fourth-order valence-electron chi connectivity index (χ4n) is 13.6. The summed E-state index contributed by atoms with van der Waals surface area (Å²) < 4.78 is 22.8. The van der Waals surface area contributed by atoms with E-state index in [-0.39, 0.29) is 28.6 Å². The minimum Gasteiger partial charge on any atom is -0.481 e. The van der Waals surface area contributed by atoms with Crippen molar-refractivity contribution in [1.82, 2.24) is 0 Å². The van der Waals surface area contributed by atoms with E-state index in [0.717, 1.165) is 5.57 Å².